The quantitative estimate of drug-likeness (QED) is 0.780. The van der Waals surface area contributed by atoms with Gasteiger partial charge in [0.2, 0.25) is 0 Å². The van der Waals surface area contributed by atoms with Crippen LogP contribution in [0.5, 0.6) is 0 Å². The summed E-state index contributed by atoms with van der Waals surface area (Å²) in [5.41, 5.74) is 2.00. The zero-order valence-corrected chi connectivity index (χ0v) is 13.5. The largest absolute Gasteiger partial charge is 0.321 e. The summed E-state index contributed by atoms with van der Waals surface area (Å²) < 4.78 is 13.8. The third kappa shape index (κ3) is 2.28. The number of hydrogen-bond donors (Lipinski definition) is 1. The van der Waals surface area contributed by atoms with Gasteiger partial charge >= 0.3 is 0 Å². The number of hydrogen-bond acceptors (Lipinski definition) is 2. The van der Waals surface area contributed by atoms with Gasteiger partial charge in [-0.1, -0.05) is 24.3 Å². The highest BCUT2D eigenvalue weighted by Gasteiger charge is 2.29. The van der Waals surface area contributed by atoms with Crippen molar-refractivity contribution in [2.75, 3.05) is 16.8 Å². The van der Waals surface area contributed by atoms with Crippen LogP contribution in [0.4, 0.5) is 15.8 Å². The zero-order chi connectivity index (χ0) is 17.6. The molecule has 124 valence electrons. The summed E-state index contributed by atoms with van der Waals surface area (Å²) in [6, 6.07) is 14.8. The second kappa shape index (κ2) is 5.70. The molecule has 3 aromatic carbocycles. The Morgan fingerprint density at radius 1 is 1.08 bits per heavy atom. The molecular weight excluding hydrogens is 319 g/mol. The first kappa shape index (κ1) is 15.3. The second-order valence-electron chi connectivity index (χ2n) is 5.84. The number of carbonyl (C=O) groups excluding carboxylic acids is 2. The number of carbonyl (C=O) groups is 2. The van der Waals surface area contributed by atoms with Gasteiger partial charge in [-0.05, 0) is 37.3 Å². The fourth-order valence-corrected chi connectivity index (χ4v) is 3.30. The van der Waals surface area contributed by atoms with Crippen molar-refractivity contribution in [2.45, 2.75) is 6.92 Å². The molecule has 0 bridgehead atoms. The van der Waals surface area contributed by atoms with Crippen LogP contribution in [0.2, 0.25) is 0 Å². The molecule has 4 rings (SSSR count). The maximum atomic E-state index is 13.8. The summed E-state index contributed by atoms with van der Waals surface area (Å²) in [4.78, 5) is 26.6. The smallest absolute Gasteiger partial charge is 0.258 e. The lowest BCUT2D eigenvalue weighted by Gasteiger charge is -2.15. The van der Waals surface area contributed by atoms with Gasteiger partial charge in [0.25, 0.3) is 11.8 Å². The molecule has 5 heteroatoms. The molecule has 1 N–H and O–H groups in total. The standard InChI is InChI=1S/C20H15FN2O2/c1-2-23-17-11-10-16(13-7-5-8-14(18(13)17)20(23)25)22-19(24)12-6-3-4-9-15(12)21/h3-11H,2H2,1H3,(H,22,24). The maximum Gasteiger partial charge on any atom is 0.258 e. The summed E-state index contributed by atoms with van der Waals surface area (Å²) in [6.45, 7) is 2.49. The molecule has 0 saturated carbocycles. The fraction of sp³-hybridized carbons (Fsp3) is 0.100. The maximum absolute atomic E-state index is 13.8. The van der Waals surface area contributed by atoms with Gasteiger partial charge in [-0.3, -0.25) is 9.59 Å². The van der Waals surface area contributed by atoms with Gasteiger partial charge in [0.1, 0.15) is 5.82 Å². The molecule has 1 heterocycles. The molecule has 0 radical (unpaired) electrons. The molecular formula is C20H15FN2O2. The molecule has 0 spiro atoms. The van der Waals surface area contributed by atoms with E-state index in [1.165, 1.54) is 18.2 Å². The molecule has 25 heavy (non-hydrogen) atoms. The molecule has 1 aliphatic heterocycles. The topological polar surface area (TPSA) is 49.4 Å². The van der Waals surface area contributed by atoms with Gasteiger partial charge < -0.3 is 10.2 Å². The van der Waals surface area contributed by atoms with Crippen molar-refractivity contribution in [3.05, 3.63) is 71.5 Å². The van der Waals surface area contributed by atoms with Crippen molar-refractivity contribution in [1.29, 1.82) is 0 Å². The number of anilines is 2. The van der Waals surface area contributed by atoms with Crippen LogP contribution in [0.15, 0.2) is 54.6 Å². The van der Waals surface area contributed by atoms with Crippen molar-refractivity contribution >= 4 is 34.0 Å². The highest BCUT2D eigenvalue weighted by Crippen LogP contribution is 2.40. The molecule has 3 aromatic rings. The van der Waals surface area contributed by atoms with E-state index in [0.29, 0.717) is 17.8 Å². The molecule has 0 atom stereocenters. The van der Waals surface area contributed by atoms with Crippen LogP contribution in [0, 0.1) is 5.82 Å². The monoisotopic (exact) mass is 334 g/mol. The first-order valence-corrected chi connectivity index (χ1v) is 8.05. The van der Waals surface area contributed by atoms with Crippen LogP contribution in [0.25, 0.3) is 10.8 Å². The molecule has 0 fully saturated rings. The Labute approximate surface area is 143 Å². The Morgan fingerprint density at radius 3 is 2.64 bits per heavy atom. The van der Waals surface area contributed by atoms with E-state index in [4.69, 9.17) is 0 Å². The fourth-order valence-electron chi connectivity index (χ4n) is 3.30. The summed E-state index contributed by atoms with van der Waals surface area (Å²) >= 11 is 0. The van der Waals surface area contributed by atoms with E-state index >= 15 is 0 Å². The number of amides is 2. The summed E-state index contributed by atoms with van der Waals surface area (Å²) in [6.07, 6.45) is 0. The normalized spacial score (nSPS) is 12.7. The molecule has 1 aliphatic rings. The van der Waals surface area contributed by atoms with E-state index in [1.54, 1.807) is 29.2 Å². The molecule has 0 aromatic heterocycles. The van der Waals surface area contributed by atoms with E-state index in [0.717, 1.165) is 16.5 Å². The molecule has 2 amide bonds. The minimum Gasteiger partial charge on any atom is -0.321 e. The minimum atomic E-state index is -0.571. The summed E-state index contributed by atoms with van der Waals surface area (Å²) in [7, 11) is 0. The Hall–Kier alpha value is -3.21. The van der Waals surface area contributed by atoms with Gasteiger partial charge in [0.15, 0.2) is 0 Å². The van der Waals surface area contributed by atoms with Gasteiger partial charge in [-0.2, -0.15) is 0 Å². The second-order valence-corrected chi connectivity index (χ2v) is 5.84. The lowest BCUT2D eigenvalue weighted by Crippen LogP contribution is -2.25. The van der Waals surface area contributed by atoms with Crippen LogP contribution in [0.1, 0.15) is 27.6 Å². The highest BCUT2D eigenvalue weighted by molar-refractivity contribution is 6.27. The van der Waals surface area contributed by atoms with Crippen molar-refractivity contribution in [2.24, 2.45) is 0 Å². The van der Waals surface area contributed by atoms with Gasteiger partial charge in [0, 0.05) is 28.6 Å². The van der Waals surface area contributed by atoms with Gasteiger partial charge in [-0.15, -0.1) is 0 Å². The predicted molar refractivity (Wildman–Crippen MR) is 95.7 cm³/mol. The Kier molecular flexibility index (Phi) is 3.50. The van der Waals surface area contributed by atoms with E-state index in [1.807, 2.05) is 19.1 Å². The number of nitrogens with one attached hydrogen (secondary N) is 1. The molecule has 0 saturated heterocycles. The van der Waals surface area contributed by atoms with Crippen LogP contribution >= 0.6 is 0 Å². The minimum absolute atomic E-state index is 0.0167. The van der Waals surface area contributed by atoms with Gasteiger partial charge in [-0.25, -0.2) is 4.39 Å². The van der Waals surface area contributed by atoms with Crippen molar-refractivity contribution in [1.82, 2.24) is 0 Å². The third-order valence-electron chi connectivity index (χ3n) is 4.47. The van der Waals surface area contributed by atoms with Crippen LogP contribution in [0.3, 0.4) is 0 Å². The first-order valence-electron chi connectivity index (χ1n) is 8.05. The van der Waals surface area contributed by atoms with Gasteiger partial charge in [0.05, 0.1) is 11.3 Å². The first-order chi connectivity index (χ1) is 12.1. The van der Waals surface area contributed by atoms with Crippen LogP contribution in [-0.4, -0.2) is 18.4 Å². The van der Waals surface area contributed by atoms with E-state index < -0.39 is 11.7 Å². The lowest BCUT2D eigenvalue weighted by atomic mass is 10.0. The van der Waals surface area contributed by atoms with Crippen molar-refractivity contribution in [3.63, 3.8) is 0 Å². The average molecular weight is 334 g/mol. The highest BCUT2D eigenvalue weighted by atomic mass is 19.1. The Morgan fingerprint density at radius 2 is 1.88 bits per heavy atom. The third-order valence-corrected chi connectivity index (χ3v) is 4.47. The van der Waals surface area contributed by atoms with Crippen molar-refractivity contribution < 1.29 is 14.0 Å². The average Bonchev–Trinajstić information content (AvgIpc) is 2.90. The predicted octanol–water partition coefficient (Wildman–Crippen LogP) is 4.21. The van der Waals surface area contributed by atoms with E-state index in [2.05, 4.69) is 5.32 Å². The molecule has 0 aliphatic carbocycles. The van der Waals surface area contributed by atoms with E-state index in [-0.39, 0.29) is 11.5 Å². The van der Waals surface area contributed by atoms with Crippen LogP contribution < -0.4 is 10.2 Å². The Bertz CT molecular complexity index is 1030. The number of halogens is 1. The zero-order valence-electron chi connectivity index (χ0n) is 13.5. The number of rotatable bonds is 3. The lowest BCUT2D eigenvalue weighted by molar-refractivity contribution is 0.0992. The molecule has 0 unspecified atom stereocenters. The molecule has 4 nitrogen and oxygen atoms in total. The summed E-state index contributed by atoms with van der Waals surface area (Å²) in [5.74, 6) is -1.13. The number of benzene rings is 3. The SMILES string of the molecule is CCN1C(=O)c2cccc3c(NC(=O)c4ccccc4F)ccc1c23. The van der Waals surface area contributed by atoms with E-state index in [9.17, 15) is 14.0 Å². The number of nitrogens with zero attached hydrogens (tertiary/aromatic N) is 1. The Balaban J connectivity index is 1.81. The van der Waals surface area contributed by atoms with Crippen molar-refractivity contribution in [3.8, 4) is 0 Å². The van der Waals surface area contributed by atoms with Crippen LogP contribution in [-0.2, 0) is 0 Å². The summed E-state index contributed by atoms with van der Waals surface area (Å²) in [5, 5.41) is 4.35.